The Morgan fingerprint density at radius 3 is 2.79 bits per heavy atom. The molecule has 9 heteroatoms. The Hall–Kier alpha value is -3.10. The molecule has 28 heavy (non-hydrogen) atoms. The molecule has 1 N–H and O–H groups in total. The fourth-order valence-electron chi connectivity index (χ4n) is 4.64. The summed E-state index contributed by atoms with van der Waals surface area (Å²) < 4.78 is 1.84. The van der Waals surface area contributed by atoms with Gasteiger partial charge in [-0.2, -0.15) is 0 Å². The zero-order chi connectivity index (χ0) is 19.1. The van der Waals surface area contributed by atoms with Crippen LogP contribution < -0.4 is 5.32 Å². The lowest BCUT2D eigenvalue weighted by Gasteiger charge is -2.17. The van der Waals surface area contributed by atoms with Crippen LogP contribution in [0.2, 0.25) is 0 Å². The molecule has 0 bridgehead atoms. The Balaban J connectivity index is 1.20. The van der Waals surface area contributed by atoms with Crippen LogP contribution in [0.4, 0.5) is 5.82 Å². The van der Waals surface area contributed by atoms with E-state index in [1.807, 2.05) is 21.7 Å². The summed E-state index contributed by atoms with van der Waals surface area (Å²) in [7, 11) is 0. The molecular formula is C19H21N7O2. The van der Waals surface area contributed by atoms with Gasteiger partial charge in [0, 0.05) is 31.8 Å². The number of aromatic nitrogens is 5. The van der Waals surface area contributed by atoms with Crippen molar-refractivity contribution in [1.29, 1.82) is 0 Å². The van der Waals surface area contributed by atoms with Crippen LogP contribution in [-0.4, -0.2) is 55.0 Å². The number of anilines is 1. The van der Waals surface area contributed by atoms with Crippen LogP contribution in [0.25, 0.3) is 6.08 Å². The SMILES string of the molecule is O=C1CCc2cc(C=CC(=O)N3CC4CC(n5cnnn5)CC4C3)cnc2N1. The average Bonchev–Trinajstić information content (AvgIpc) is 3.41. The number of aryl methyl sites for hydroxylation is 1. The third-order valence-electron chi connectivity index (χ3n) is 6.06. The minimum atomic E-state index is 0.000346. The van der Waals surface area contributed by atoms with Gasteiger partial charge < -0.3 is 10.2 Å². The first-order chi connectivity index (χ1) is 13.7. The van der Waals surface area contributed by atoms with Gasteiger partial charge in [-0.05, 0) is 64.8 Å². The summed E-state index contributed by atoms with van der Waals surface area (Å²) in [5, 5.41) is 14.2. The molecule has 144 valence electrons. The van der Waals surface area contributed by atoms with E-state index in [9.17, 15) is 9.59 Å². The highest BCUT2D eigenvalue weighted by Crippen LogP contribution is 2.43. The number of carbonyl (C=O) groups excluding carboxylic acids is 2. The average molecular weight is 379 g/mol. The number of nitrogens with one attached hydrogen (secondary N) is 1. The van der Waals surface area contributed by atoms with Crippen molar-refractivity contribution in [2.45, 2.75) is 31.7 Å². The third kappa shape index (κ3) is 3.17. The Kier molecular flexibility index (Phi) is 4.14. The van der Waals surface area contributed by atoms with E-state index in [-0.39, 0.29) is 11.8 Å². The number of carbonyl (C=O) groups is 2. The van der Waals surface area contributed by atoms with Crippen molar-refractivity contribution in [1.82, 2.24) is 30.1 Å². The molecule has 1 saturated carbocycles. The van der Waals surface area contributed by atoms with E-state index in [4.69, 9.17) is 0 Å². The van der Waals surface area contributed by atoms with Crippen LogP contribution in [0.3, 0.4) is 0 Å². The van der Waals surface area contributed by atoms with Gasteiger partial charge in [0.25, 0.3) is 0 Å². The maximum atomic E-state index is 12.6. The second kappa shape index (κ2) is 6.81. The van der Waals surface area contributed by atoms with Gasteiger partial charge in [0.05, 0.1) is 6.04 Å². The molecule has 4 heterocycles. The Morgan fingerprint density at radius 1 is 1.21 bits per heavy atom. The highest BCUT2D eigenvalue weighted by Gasteiger charge is 2.42. The molecule has 1 aliphatic carbocycles. The first kappa shape index (κ1) is 17.0. The lowest BCUT2D eigenvalue weighted by Crippen LogP contribution is -2.28. The van der Waals surface area contributed by atoms with Crippen molar-refractivity contribution in [3.8, 4) is 0 Å². The van der Waals surface area contributed by atoms with E-state index in [1.165, 1.54) is 0 Å². The number of fused-ring (bicyclic) bond motifs is 2. The number of likely N-dealkylation sites (tertiary alicyclic amines) is 1. The molecule has 0 radical (unpaired) electrons. The quantitative estimate of drug-likeness (QED) is 0.800. The summed E-state index contributed by atoms with van der Waals surface area (Å²) in [6, 6.07) is 2.33. The molecule has 5 rings (SSSR count). The number of hydrogen-bond donors (Lipinski definition) is 1. The van der Waals surface area contributed by atoms with Crippen LogP contribution in [0.1, 0.15) is 36.4 Å². The number of pyridine rings is 1. The van der Waals surface area contributed by atoms with Crippen LogP contribution in [-0.2, 0) is 16.0 Å². The second-order valence-electron chi connectivity index (χ2n) is 7.84. The molecule has 2 unspecified atom stereocenters. The second-order valence-corrected chi connectivity index (χ2v) is 7.84. The molecule has 0 spiro atoms. The molecule has 1 saturated heterocycles. The van der Waals surface area contributed by atoms with Crippen LogP contribution in [0, 0.1) is 11.8 Å². The molecule has 2 fully saturated rings. The minimum absolute atomic E-state index is 0.000346. The van der Waals surface area contributed by atoms with Crippen LogP contribution in [0.15, 0.2) is 24.7 Å². The zero-order valence-corrected chi connectivity index (χ0v) is 15.4. The molecule has 2 aliphatic heterocycles. The fraction of sp³-hybridized carbons (Fsp3) is 0.474. The fourth-order valence-corrected chi connectivity index (χ4v) is 4.64. The van der Waals surface area contributed by atoms with E-state index in [1.54, 1.807) is 18.6 Å². The molecule has 2 aromatic heterocycles. The van der Waals surface area contributed by atoms with Gasteiger partial charge >= 0.3 is 0 Å². The van der Waals surface area contributed by atoms with Crippen molar-refractivity contribution in [2.24, 2.45) is 11.8 Å². The molecule has 0 aromatic carbocycles. The summed E-state index contributed by atoms with van der Waals surface area (Å²) in [5.41, 5.74) is 1.89. The summed E-state index contributed by atoms with van der Waals surface area (Å²) in [5.74, 6) is 1.70. The standard InChI is InChI=1S/C19H21N7O2/c27-17-3-2-13-5-12(8-20-19(13)22-17)1-4-18(28)25-9-14-6-16(7-15(14)10-25)26-11-21-23-24-26/h1,4-5,8,11,14-16H,2-3,6-7,9-10H2,(H,20,22,27). The van der Waals surface area contributed by atoms with E-state index in [0.29, 0.717) is 36.5 Å². The number of nitrogens with zero attached hydrogens (tertiary/aromatic N) is 6. The molecule has 9 nitrogen and oxygen atoms in total. The summed E-state index contributed by atoms with van der Waals surface area (Å²) >= 11 is 0. The lowest BCUT2D eigenvalue weighted by atomic mass is 10.0. The number of hydrogen-bond acceptors (Lipinski definition) is 6. The predicted octanol–water partition coefficient (Wildman–Crippen LogP) is 1.08. The Morgan fingerprint density at radius 2 is 2.04 bits per heavy atom. The lowest BCUT2D eigenvalue weighted by molar-refractivity contribution is -0.125. The van der Waals surface area contributed by atoms with E-state index < -0.39 is 0 Å². The predicted molar refractivity (Wildman–Crippen MR) is 99.9 cm³/mol. The van der Waals surface area contributed by atoms with Crippen LogP contribution in [0.5, 0.6) is 0 Å². The normalized spacial score (nSPS) is 26.4. The molecule has 2 atom stereocenters. The van der Waals surface area contributed by atoms with Crippen molar-refractivity contribution in [2.75, 3.05) is 18.4 Å². The first-order valence-corrected chi connectivity index (χ1v) is 9.64. The number of amides is 2. The van der Waals surface area contributed by atoms with Crippen LogP contribution >= 0.6 is 0 Å². The summed E-state index contributed by atoms with van der Waals surface area (Å²) in [6.45, 7) is 1.59. The molecule has 2 amide bonds. The van der Waals surface area contributed by atoms with Crippen molar-refractivity contribution >= 4 is 23.7 Å². The monoisotopic (exact) mass is 379 g/mol. The maximum absolute atomic E-state index is 12.6. The Bertz CT molecular complexity index is 926. The number of tetrazole rings is 1. The highest BCUT2D eigenvalue weighted by atomic mass is 16.2. The van der Waals surface area contributed by atoms with Crippen molar-refractivity contribution < 1.29 is 9.59 Å². The van der Waals surface area contributed by atoms with Gasteiger partial charge in [-0.1, -0.05) is 0 Å². The number of rotatable bonds is 3. The highest BCUT2D eigenvalue weighted by molar-refractivity contribution is 5.94. The molecular weight excluding hydrogens is 358 g/mol. The largest absolute Gasteiger partial charge is 0.339 e. The van der Waals surface area contributed by atoms with Gasteiger partial charge in [0.2, 0.25) is 11.8 Å². The zero-order valence-electron chi connectivity index (χ0n) is 15.4. The summed E-state index contributed by atoms with van der Waals surface area (Å²) in [6.07, 6.45) is 9.99. The van der Waals surface area contributed by atoms with Gasteiger partial charge in [0.15, 0.2) is 0 Å². The summed E-state index contributed by atoms with van der Waals surface area (Å²) in [4.78, 5) is 30.3. The smallest absolute Gasteiger partial charge is 0.246 e. The van der Waals surface area contributed by atoms with Gasteiger partial charge in [0.1, 0.15) is 12.1 Å². The topological polar surface area (TPSA) is 106 Å². The van der Waals surface area contributed by atoms with Gasteiger partial charge in [-0.25, -0.2) is 9.67 Å². The molecule has 3 aliphatic rings. The van der Waals surface area contributed by atoms with E-state index in [2.05, 4.69) is 25.8 Å². The van der Waals surface area contributed by atoms with Gasteiger partial charge in [-0.3, -0.25) is 9.59 Å². The Labute approximate surface area is 161 Å². The van der Waals surface area contributed by atoms with Gasteiger partial charge in [-0.15, -0.1) is 5.10 Å². The third-order valence-corrected chi connectivity index (χ3v) is 6.06. The van der Waals surface area contributed by atoms with Crippen molar-refractivity contribution in [3.63, 3.8) is 0 Å². The van der Waals surface area contributed by atoms with E-state index >= 15 is 0 Å². The van der Waals surface area contributed by atoms with Crippen molar-refractivity contribution in [3.05, 3.63) is 35.8 Å². The minimum Gasteiger partial charge on any atom is -0.339 e. The van der Waals surface area contributed by atoms with E-state index in [0.717, 1.165) is 37.1 Å². The molecule has 2 aromatic rings. The first-order valence-electron chi connectivity index (χ1n) is 9.64. The maximum Gasteiger partial charge on any atom is 0.246 e.